The van der Waals surface area contributed by atoms with Gasteiger partial charge in [-0.05, 0) is 24.1 Å². The summed E-state index contributed by atoms with van der Waals surface area (Å²) in [7, 11) is 0. The summed E-state index contributed by atoms with van der Waals surface area (Å²) in [5.74, 6) is -0.632. The molecule has 0 spiro atoms. The van der Waals surface area contributed by atoms with Crippen LogP contribution in [0.5, 0.6) is 5.75 Å². The third-order valence-electron chi connectivity index (χ3n) is 3.91. The highest BCUT2D eigenvalue weighted by Crippen LogP contribution is 2.18. The Morgan fingerprint density at radius 3 is 2.24 bits per heavy atom. The van der Waals surface area contributed by atoms with Gasteiger partial charge in [0, 0.05) is 5.92 Å². The Hall–Kier alpha value is -2.82. The molecule has 2 N–H and O–H groups in total. The molecular formula is C20H23NO4. The summed E-state index contributed by atoms with van der Waals surface area (Å²) >= 11 is 0. The van der Waals surface area contributed by atoms with Gasteiger partial charge in [-0.2, -0.15) is 0 Å². The zero-order chi connectivity index (χ0) is 18.1. The van der Waals surface area contributed by atoms with Crippen LogP contribution in [0.3, 0.4) is 0 Å². The van der Waals surface area contributed by atoms with E-state index in [1.807, 2.05) is 67.6 Å². The lowest BCUT2D eigenvalue weighted by molar-refractivity contribution is -0.138. The highest BCUT2D eigenvalue weighted by molar-refractivity contribution is 5.79. The second kappa shape index (κ2) is 9.47. The molecule has 25 heavy (non-hydrogen) atoms. The fourth-order valence-electron chi connectivity index (χ4n) is 2.43. The SMILES string of the molecule is CC(CCOc1ccccc1)C(=O)NC(CC(=O)O)c1ccccc1. The van der Waals surface area contributed by atoms with Crippen molar-refractivity contribution in [2.24, 2.45) is 5.92 Å². The molecule has 0 bridgehead atoms. The topological polar surface area (TPSA) is 75.6 Å². The van der Waals surface area contributed by atoms with Crippen molar-refractivity contribution in [2.75, 3.05) is 6.61 Å². The van der Waals surface area contributed by atoms with Crippen LogP contribution < -0.4 is 10.1 Å². The lowest BCUT2D eigenvalue weighted by Gasteiger charge is -2.20. The van der Waals surface area contributed by atoms with Crippen LogP contribution in [0, 0.1) is 5.92 Å². The first-order chi connectivity index (χ1) is 12.1. The van der Waals surface area contributed by atoms with Crippen LogP contribution in [-0.4, -0.2) is 23.6 Å². The molecule has 5 nitrogen and oxygen atoms in total. The van der Waals surface area contributed by atoms with Gasteiger partial charge in [-0.15, -0.1) is 0 Å². The number of benzene rings is 2. The van der Waals surface area contributed by atoms with Crippen molar-refractivity contribution in [2.45, 2.75) is 25.8 Å². The van der Waals surface area contributed by atoms with E-state index in [1.54, 1.807) is 0 Å². The van der Waals surface area contributed by atoms with Gasteiger partial charge in [0.05, 0.1) is 19.1 Å². The number of carbonyl (C=O) groups is 2. The van der Waals surface area contributed by atoms with Crippen molar-refractivity contribution in [1.29, 1.82) is 0 Å². The van der Waals surface area contributed by atoms with Crippen molar-refractivity contribution in [3.8, 4) is 5.75 Å². The van der Waals surface area contributed by atoms with Gasteiger partial charge in [-0.3, -0.25) is 9.59 Å². The van der Waals surface area contributed by atoms with Gasteiger partial charge >= 0.3 is 5.97 Å². The molecule has 1 amide bonds. The lowest BCUT2D eigenvalue weighted by atomic mass is 10.0. The van der Waals surface area contributed by atoms with E-state index in [0.29, 0.717) is 13.0 Å². The molecule has 2 unspecified atom stereocenters. The Balaban J connectivity index is 1.87. The number of hydrogen-bond donors (Lipinski definition) is 2. The average molecular weight is 341 g/mol. The molecule has 0 heterocycles. The molecule has 0 saturated heterocycles. The van der Waals surface area contributed by atoms with E-state index >= 15 is 0 Å². The highest BCUT2D eigenvalue weighted by atomic mass is 16.5. The first-order valence-electron chi connectivity index (χ1n) is 8.31. The van der Waals surface area contributed by atoms with Crippen molar-refractivity contribution in [3.63, 3.8) is 0 Å². The molecule has 2 aromatic carbocycles. The molecule has 0 aliphatic carbocycles. The number of carboxylic acid groups (broad SMARTS) is 1. The van der Waals surface area contributed by atoms with Crippen LogP contribution >= 0.6 is 0 Å². The van der Waals surface area contributed by atoms with Crippen molar-refractivity contribution < 1.29 is 19.4 Å². The molecule has 2 atom stereocenters. The van der Waals surface area contributed by atoms with E-state index in [2.05, 4.69) is 5.32 Å². The summed E-state index contributed by atoms with van der Waals surface area (Å²) in [4.78, 5) is 23.5. The van der Waals surface area contributed by atoms with Crippen molar-refractivity contribution in [1.82, 2.24) is 5.32 Å². The Morgan fingerprint density at radius 2 is 1.64 bits per heavy atom. The van der Waals surface area contributed by atoms with Gasteiger partial charge in [0.2, 0.25) is 5.91 Å². The minimum Gasteiger partial charge on any atom is -0.494 e. The van der Waals surface area contributed by atoms with Gasteiger partial charge in [-0.25, -0.2) is 0 Å². The van der Waals surface area contributed by atoms with Crippen LogP contribution in [-0.2, 0) is 9.59 Å². The molecule has 0 aliphatic rings. The molecule has 132 valence electrons. The Kier molecular flexibility index (Phi) is 7.01. The van der Waals surface area contributed by atoms with Gasteiger partial charge in [0.15, 0.2) is 0 Å². The van der Waals surface area contributed by atoms with Crippen LogP contribution in [0.15, 0.2) is 60.7 Å². The van der Waals surface area contributed by atoms with Crippen molar-refractivity contribution in [3.05, 3.63) is 66.2 Å². The quantitative estimate of drug-likeness (QED) is 0.733. The number of hydrogen-bond acceptors (Lipinski definition) is 3. The molecule has 5 heteroatoms. The molecule has 2 aromatic rings. The monoisotopic (exact) mass is 341 g/mol. The third kappa shape index (κ3) is 6.30. The fourth-order valence-corrected chi connectivity index (χ4v) is 2.43. The summed E-state index contributed by atoms with van der Waals surface area (Å²) in [5, 5.41) is 11.9. The number of rotatable bonds is 9. The Labute approximate surface area is 147 Å². The molecule has 0 fully saturated rings. The fraction of sp³-hybridized carbons (Fsp3) is 0.300. The largest absolute Gasteiger partial charge is 0.494 e. The minimum atomic E-state index is -0.950. The van der Waals surface area contributed by atoms with E-state index in [9.17, 15) is 9.59 Å². The van der Waals surface area contributed by atoms with Crippen LogP contribution in [0.1, 0.15) is 31.4 Å². The summed E-state index contributed by atoms with van der Waals surface area (Å²) in [6.45, 7) is 2.24. The van der Waals surface area contributed by atoms with Crippen LogP contribution in [0.25, 0.3) is 0 Å². The van der Waals surface area contributed by atoms with E-state index in [4.69, 9.17) is 9.84 Å². The first-order valence-corrected chi connectivity index (χ1v) is 8.31. The molecule has 0 aliphatic heterocycles. The van der Waals surface area contributed by atoms with E-state index in [0.717, 1.165) is 11.3 Å². The zero-order valence-corrected chi connectivity index (χ0v) is 14.2. The molecule has 2 rings (SSSR count). The number of carbonyl (C=O) groups excluding carboxylic acids is 1. The number of carboxylic acids is 1. The van der Waals surface area contributed by atoms with E-state index in [1.165, 1.54) is 0 Å². The first kappa shape index (κ1) is 18.5. The number of ether oxygens (including phenoxy) is 1. The lowest BCUT2D eigenvalue weighted by Crippen LogP contribution is -2.34. The van der Waals surface area contributed by atoms with Crippen LogP contribution in [0.2, 0.25) is 0 Å². The maximum atomic E-state index is 12.4. The Bertz CT molecular complexity index is 673. The van der Waals surface area contributed by atoms with Gasteiger partial charge in [-0.1, -0.05) is 55.5 Å². The van der Waals surface area contributed by atoms with E-state index in [-0.39, 0.29) is 18.2 Å². The highest BCUT2D eigenvalue weighted by Gasteiger charge is 2.21. The number of nitrogens with one attached hydrogen (secondary N) is 1. The summed E-state index contributed by atoms with van der Waals surface area (Å²) < 4.78 is 5.61. The normalized spacial score (nSPS) is 12.8. The maximum Gasteiger partial charge on any atom is 0.305 e. The van der Waals surface area contributed by atoms with Gasteiger partial charge in [0.25, 0.3) is 0 Å². The number of amides is 1. The average Bonchev–Trinajstić information content (AvgIpc) is 2.62. The molecular weight excluding hydrogens is 318 g/mol. The summed E-state index contributed by atoms with van der Waals surface area (Å²) in [5.41, 5.74) is 0.783. The maximum absolute atomic E-state index is 12.4. The standard InChI is InChI=1S/C20H23NO4/c1-15(12-13-25-17-10-6-3-7-11-17)20(24)21-18(14-19(22)23)16-8-4-2-5-9-16/h2-11,15,18H,12-14H2,1H3,(H,21,24)(H,22,23). The molecule has 0 saturated carbocycles. The molecule has 0 aromatic heterocycles. The van der Waals surface area contributed by atoms with E-state index < -0.39 is 12.0 Å². The second-order valence-corrected chi connectivity index (χ2v) is 5.92. The van der Waals surface area contributed by atoms with Crippen LogP contribution in [0.4, 0.5) is 0 Å². The van der Waals surface area contributed by atoms with Gasteiger partial charge in [0.1, 0.15) is 5.75 Å². The predicted molar refractivity (Wildman–Crippen MR) is 95.3 cm³/mol. The summed E-state index contributed by atoms with van der Waals surface area (Å²) in [6, 6.07) is 18.0. The number of para-hydroxylation sites is 1. The third-order valence-corrected chi connectivity index (χ3v) is 3.91. The minimum absolute atomic E-state index is 0.150. The van der Waals surface area contributed by atoms with Gasteiger partial charge < -0.3 is 15.2 Å². The number of aliphatic carboxylic acids is 1. The Morgan fingerprint density at radius 1 is 1.04 bits per heavy atom. The smallest absolute Gasteiger partial charge is 0.305 e. The predicted octanol–water partition coefficient (Wildman–Crippen LogP) is 3.42. The summed E-state index contributed by atoms with van der Waals surface area (Å²) in [6.07, 6.45) is 0.401. The zero-order valence-electron chi connectivity index (χ0n) is 14.2. The molecule has 0 radical (unpaired) electrons. The second-order valence-electron chi connectivity index (χ2n) is 5.92. The van der Waals surface area contributed by atoms with Crippen molar-refractivity contribution >= 4 is 11.9 Å².